The molecule has 1 aliphatic rings. The van der Waals surface area contributed by atoms with Crippen LogP contribution in [0.1, 0.15) is 12.0 Å². The highest BCUT2D eigenvalue weighted by atomic mass is 35.5. The van der Waals surface area contributed by atoms with Crippen molar-refractivity contribution in [2.75, 3.05) is 31.6 Å². The molecule has 1 aliphatic heterocycles. The number of amides is 1. The number of anilines is 1. The van der Waals surface area contributed by atoms with E-state index in [1.54, 1.807) is 0 Å². The molecule has 1 atom stereocenters. The van der Waals surface area contributed by atoms with E-state index < -0.39 is 17.6 Å². The molecule has 22 heavy (non-hydrogen) atoms. The third-order valence-corrected chi connectivity index (χ3v) is 3.89. The van der Waals surface area contributed by atoms with Crippen LogP contribution in [-0.4, -0.2) is 42.2 Å². The second-order valence-corrected chi connectivity index (χ2v) is 5.72. The lowest BCUT2D eigenvalue weighted by atomic mass is 10.1. The van der Waals surface area contributed by atoms with Crippen LogP contribution >= 0.6 is 11.6 Å². The number of nitrogens with zero attached hydrogens (tertiary/aromatic N) is 1. The van der Waals surface area contributed by atoms with Gasteiger partial charge in [-0.15, -0.1) is 0 Å². The highest BCUT2D eigenvalue weighted by Crippen LogP contribution is 2.33. The third-order valence-electron chi connectivity index (χ3n) is 3.56. The summed E-state index contributed by atoms with van der Waals surface area (Å²) >= 11 is 5.82. The third kappa shape index (κ3) is 4.34. The van der Waals surface area contributed by atoms with Gasteiger partial charge in [-0.2, -0.15) is 13.2 Å². The molecule has 0 saturated carbocycles. The van der Waals surface area contributed by atoms with E-state index in [0.717, 1.165) is 24.6 Å². The number of carbonyl (C=O) groups excluding carboxylic acids is 1. The van der Waals surface area contributed by atoms with E-state index in [1.807, 2.05) is 4.90 Å². The van der Waals surface area contributed by atoms with E-state index >= 15 is 0 Å². The smallest absolute Gasteiger partial charge is 0.396 e. The second-order valence-electron chi connectivity index (χ2n) is 5.31. The van der Waals surface area contributed by atoms with Gasteiger partial charge < -0.3 is 10.4 Å². The van der Waals surface area contributed by atoms with Crippen LogP contribution in [-0.2, 0) is 11.0 Å². The van der Waals surface area contributed by atoms with Gasteiger partial charge in [-0.1, -0.05) is 11.6 Å². The summed E-state index contributed by atoms with van der Waals surface area (Å²) in [4.78, 5) is 13.8. The molecule has 1 fully saturated rings. The quantitative estimate of drug-likeness (QED) is 0.888. The predicted molar refractivity (Wildman–Crippen MR) is 76.7 cm³/mol. The van der Waals surface area contributed by atoms with Gasteiger partial charge in [0.25, 0.3) is 0 Å². The summed E-state index contributed by atoms with van der Waals surface area (Å²) in [5.41, 5.74) is -0.923. The van der Waals surface area contributed by atoms with E-state index in [1.165, 1.54) is 0 Å². The zero-order valence-electron chi connectivity index (χ0n) is 11.7. The van der Waals surface area contributed by atoms with Crippen LogP contribution < -0.4 is 5.32 Å². The molecule has 1 heterocycles. The minimum atomic E-state index is -4.49. The molecular weight excluding hydrogens is 321 g/mol. The monoisotopic (exact) mass is 336 g/mol. The predicted octanol–water partition coefficient (Wildman–Crippen LogP) is 2.61. The molecule has 122 valence electrons. The topological polar surface area (TPSA) is 52.6 Å². The van der Waals surface area contributed by atoms with Crippen molar-refractivity contribution in [2.24, 2.45) is 5.92 Å². The SMILES string of the molecule is O=C(CN1CCC(CO)C1)Nc1cc(C(F)(F)F)ccc1Cl. The molecule has 0 spiro atoms. The van der Waals surface area contributed by atoms with Crippen LogP contribution in [0.2, 0.25) is 5.02 Å². The van der Waals surface area contributed by atoms with E-state index in [-0.39, 0.29) is 29.8 Å². The van der Waals surface area contributed by atoms with E-state index in [0.29, 0.717) is 13.1 Å². The number of rotatable bonds is 4. The molecule has 8 heteroatoms. The Morgan fingerprint density at radius 2 is 2.18 bits per heavy atom. The largest absolute Gasteiger partial charge is 0.416 e. The zero-order chi connectivity index (χ0) is 16.3. The number of alkyl halides is 3. The number of halogens is 4. The zero-order valence-corrected chi connectivity index (χ0v) is 12.4. The number of likely N-dealkylation sites (tertiary alicyclic amines) is 1. The minimum Gasteiger partial charge on any atom is -0.396 e. The Hall–Kier alpha value is -1.31. The van der Waals surface area contributed by atoms with Crippen molar-refractivity contribution in [3.8, 4) is 0 Å². The molecule has 2 N–H and O–H groups in total. The Kier molecular flexibility index (Phi) is 5.31. The molecule has 4 nitrogen and oxygen atoms in total. The average Bonchev–Trinajstić information content (AvgIpc) is 2.87. The first-order chi connectivity index (χ1) is 10.3. The molecule has 1 amide bonds. The van der Waals surface area contributed by atoms with E-state index in [2.05, 4.69) is 5.32 Å². The van der Waals surface area contributed by atoms with Crippen LogP contribution in [0, 0.1) is 5.92 Å². The Morgan fingerprint density at radius 3 is 2.77 bits per heavy atom. The van der Waals surface area contributed by atoms with Gasteiger partial charge in [-0.3, -0.25) is 9.69 Å². The lowest BCUT2D eigenvalue weighted by Gasteiger charge is -2.16. The summed E-state index contributed by atoms with van der Waals surface area (Å²) in [5.74, 6) is -0.287. The van der Waals surface area contributed by atoms with Crippen molar-refractivity contribution in [2.45, 2.75) is 12.6 Å². The molecule has 0 radical (unpaired) electrons. The van der Waals surface area contributed by atoms with Gasteiger partial charge in [-0.25, -0.2) is 0 Å². The van der Waals surface area contributed by atoms with Crippen LogP contribution in [0.15, 0.2) is 18.2 Å². The van der Waals surface area contributed by atoms with E-state index in [4.69, 9.17) is 16.7 Å². The normalized spacial score (nSPS) is 19.4. The van der Waals surface area contributed by atoms with Gasteiger partial charge in [0, 0.05) is 13.2 Å². The van der Waals surface area contributed by atoms with Crippen molar-refractivity contribution < 1.29 is 23.1 Å². The summed E-state index contributed by atoms with van der Waals surface area (Å²) in [7, 11) is 0. The fourth-order valence-electron chi connectivity index (χ4n) is 2.40. The van der Waals surface area contributed by atoms with Crippen LogP contribution in [0.4, 0.5) is 18.9 Å². The number of benzene rings is 1. The Labute approximate surface area is 130 Å². The molecule has 1 aromatic carbocycles. The second kappa shape index (κ2) is 6.85. The summed E-state index contributed by atoms with van der Waals surface area (Å²) in [6, 6.07) is 2.79. The number of aliphatic hydroxyl groups is 1. The van der Waals surface area contributed by atoms with Gasteiger partial charge in [-0.05, 0) is 37.1 Å². The Bertz CT molecular complexity index is 551. The number of aliphatic hydroxyl groups excluding tert-OH is 1. The van der Waals surface area contributed by atoms with Gasteiger partial charge in [0.05, 0.1) is 22.8 Å². The molecule has 0 aliphatic carbocycles. The maximum atomic E-state index is 12.7. The number of carbonyl (C=O) groups is 1. The lowest BCUT2D eigenvalue weighted by molar-refractivity contribution is -0.137. The Morgan fingerprint density at radius 1 is 1.45 bits per heavy atom. The molecule has 1 unspecified atom stereocenters. The number of nitrogens with one attached hydrogen (secondary N) is 1. The molecule has 1 saturated heterocycles. The number of hydrogen-bond acceptors (Lipinski definition) is 3. The highest BCUT2D eigenvalue weighted by Gasteiger charge is 2.31. The molecule has 0 bridgehead atoms. The maximum absolute atomic E-state index is 12.7. The van der Waals surface area contributed by atoms with Gasteiger partial charge in [0.1, 0.15) is 0 Å². The van der Waals surface area contributed by atoms with Crippen LogP contribution in [0.5, 0.6) is 0 Å². The highest BCUT2D eigenvalue weighted by molar-refractivity contribution is 6.33. The molecule has 0 aromatic heterocycles. The van der Waals surface area contributed by atoms with Gasteiger partial charge in [0.15, 0.2) is 0 Å². The standard InChI is InChI=1S/C14H16ClF3N2O2/c15-11-2-1-10(14(16,17)18)5-12(11)19-13(22)7-20-4-3-9(6-20)8-21/h1-2,5,9,21H,3-4,6-8H2,(H,19,22). The summed E-state index contributed by atoms with van der Waals surface area (Å²) in [5, 5.41) is 11.5. The molecule has 1 aromatic rings. The Balaban J connectivity index is 1.99. The first-order valence-corrected chi connectivity index (χ1v) is 7.17. The van der Waals surface area contributed by atoms with Crippen molar-refractivity contribution in [3.05, 3.63) is 28.8 Å². The summed E-state index contributed by atoms with van der Waals surface area (Å²) in [6.07, 6.45) is -3.69. The van der Waals surface area contributed by atoms with Gasteiger partial charge in [0.2, 0.25) is 5.91 Å². The average molecular weight is 337 g/mol. The van der Waals surface area contributed by atoms with Crippen molar-refractivity contribution in [1.82, 2.24) is 4.90 Å². The molecule has 2 rings (SSSR count). The van der Waals surface area contributed by atoms with Crippen LogP contribution in [0.3, 0.4) is 0 Å². The van der Waals surface area contributed by atoms with E-state index in [9.17, 15) is 18.0 Å². The molecular formula is C14H16ClF3N2O2. The van der Waals surface area contributed by atoms with Crippen molar-refractivity contribution in [1.29, 1.82) is 0 Å². The summed E-state index contributed by atoms with van der Waals surface area (Å²) in [6.45, 7) is 1.40. The summed E-state index contributed by atoms with van der Waals surface area (Å²) < 4.78 is 38.0. The first-order valence-electron chi connectivity index (χ1n) is 6.79. The van der Waals surface area contributed by atoms with Crippen molar-refractivity contribution >= 4 is 23.2 Å². The maximum Gasteiger partial charge on any atom is 0.416 e. The van der Waals surface area contributed by atoms with Gasteiger partial charge >= 0.3 is 6.18 Å². The van der Waals surface area contributed by atoms with Crippen molar-refractivity contribution in [3.63, 3.8) is 0 Å². The lowest BCUT2D eigenvalue weighted by Crippen LogP contribution is -2.32. The first kappa shape index (κ1) is 17.1. The fraction of sp³-hybridized carbons (Fsp3) is 0.500. The van der Waals surface area contributed by atoms with Crippen LogP contribution in [0.25, 0.3) is 0 Å². The number of hydrogen-bond donors (Lipinski definition) is 2. The fourth-order valence-corrected chi connectivity index (χ4v) is 2.56. The minimum absolute atomic E-state index is 0.0519.